The van der Waals surface area contributed by atoms with Crippen LogP contribution >= 0.6 is 7.60 Å². The fourth-order valence-electron chi connectivity index (χ4n) is 0.174. The minimum absolute atomic E-state index is 2.40. The SMILES string of the molecule is O=P(O)(O)C(O)C(O)O. The van der Waals surface area contributed by atoms with Crippen LogP contribution in [0.5, 0.6) is 0 Å². The summed E-state index contributed by atoms with van der Waals surface area (Å²) in [7, 11) is -4.76. The van der Waals surface area contributed by atoms with Crippen LogP contribution in [-0.2, 0) is 4.57 Å². The van der Waals surface area contributed by atoms with Crippen molar-refractivity contribution in [3.05, 3.63) is 0 Å². The van der Waals surface area contributed by atoms with Gasteiger partial charge in [0.15, 0.2) is 6.29 Å². The van der Waals surface area contributed by atoms with E-state index in [1.807, 2.05) is 0 Å². The van der Waals surface area contributed by atoms with Crippen LogP contribution in [0, 0.1) is 0 Å². The molecule has 0 saturated carbocycles. The first kappa shape index (κ1) is 9.03. The predicted octanol–water partition coefficient (Wildman–Crippen LogP) is -2.21. The summed E-state index contributed by atoms with van der Waals surface area (Å²) in [5, 5.41) is 24.1. The van der Waals surface area contributed by atoms with Crippen molar-refractivity contribution in [3.63, 3.8) is 0 Å². The summed E-state index contributed by atoms with van der Waals surface area (Å²) in [5.41, 5.74) is 0. The molecule has 1 unspecified atom stereocenters. The molecule has 5 N–H and O–H groups in total. The lowest BCUT2D eigenvalue weighted by Crippen LogP contribution is -2.24. The second-order valence-electron chi connectivity index (χ2n) is 1.42. The van der Waals surface area contributed by atoms with Gasteiger partial charge in [-0.3, -0.25) is 4.57 Å². The molecule has 0 amide bonds. The maximum atomic E-state index is 9.90. The van der Waals surface area contributed by atoms with Crippen molar-refractivity contribution in [2.75, 3.05) is 0 Å². The van der Waals surface area contributed by atoms with Gasteiger partial charge in [0.25, 0.3) is 0 Å². The summed E-state index contributed by atoms with van der Waals surface area (Å²) < 4.78 is 9.90. The number of rotatable bonds is 2. The fourth-order valence-corrected chi connectivity index (χ4v) is 0.521. The summed E-state index contributed by atoms with van der Waals surface area (Å²) in [6.07, 6.45) is -2.40. The summed E-state index contributed by atoms with van der Waals surface area (Å²) in [6.45, 7) is 0. The molecule has 0 bridgehead atoms. The third-order valence-electron chi connectivity index (χ3n) is 0.611. The van der Waals surface area contributed by atoms with Crippen LogP contribution in [0.2, 0.25) is 0 Å². The van der Waals surface area contributed by atoms with Gasteiger partial charge in [-0.2, -0.15) is 0 Å². The number of aliphatic hydroxyl groups is 3. The second-order valence-corrected chi connectivity index (χ2v) is 3.12. The molecule has 0 aliphatic heterocycles. The highest BCUT2D eigenvalue weighted by Crippen LogP contribution is 2.40. The van der Waals surface area contributed by atoms with Crippen molar-refractivity contribution in [1.29, 1.82) is 0 Å². The van der Waals surface area contributed by atoms with Crippen molar-refractivity contribution >= 4 is 7.60 Å². The van der Waals surface area contributed by atoms with Gasteiger partial charge in [-0.1, -0.05) is 0 Å². The summed E-state index contributed by atoms with van der Waals surface area (Å²) in [6, 6.07) is 0. The Bertz CT molecular complexity index is 125. The smallest absolute Gasteiger partial charge is 0.359 e. The minimum Gasteiger partial charge on any atom is -0.376 e. The first-order chi connectivity index (χ1) is 3.85. The van der Waals surface area contributed by atoms with Crippen molar-refractivity contribution in [2.24, 2.45) is 0 Å². The van der Waals surface area contributed by atoms with E-state index in [0.29, 0.717) is 0 Å². The van der Waals surface area contributed by atoms with Crippen LogP contribution in [0.1, 0.15) is 0 Å². The van der Waals surface area contributed by atoms with Gasteiger partial charge in [0.1, 0.15) is 0 Å². The van der Waals surface area contributed by atoms with Crippen molar-refractivity contribution < 1.29 is 29.7 Å². The third kappa shape index (κ3) is 2.90. The van der Waals surface area contributed by atoms with E-state index in [4.69, 9.17) is 25.1 Å². The van der Waals surface area contributed by atoms with Gasteiger partial charge >= 0.3 is 7.60 Å². The molecule has 56 valence electrons. The van der Waals surface area contributed by atoms with E-state index < -0.39 is 19.7 Å². The van der Waals surface area contributed by atoms with Gasteiger partial charge in [0, 0.05) is 0 Å². The van der Waals surface area contributed by atoms with Crippen molar-refractivity contribution in [1.82, 2.24) is 0 Å². The van der Waals surface area contributed by atoms with Crippen molar-refractivity contribution in [2.45, 2.75) is 12.1 Å². The maximum Gasteiger partial charge on any atom is 0.359 e. The summed E-state index contributed by atoms with van der Waals surface area (Å²) in [5.74, 6) is -2.41. The maximum absolute atomic E-state index is 9.90. The lowest BCUT2D eigenvalue weighted by Gasteiger charge is -2.12. The molecular weight excluding hydrogens is 151 g/mol. The molecule has 0 aromatic rings. The lowest BCUT2D eigenvalue weighted by atomic mass is 10.7. The van der Waals surface area contributed by atoms with Crippen molar-refractivity contribution in [3.8, 4) is 0 Å². The molecule has 6 nitrogen and oxygen atoms in total. The van der Waals surface area contributed by atoms with Crippen LogP contribution in [0.15, 0.2) is 0 Å². The molecule has 0 heterocycles. The van der Waals surface area contributed by atoms with E-state index in [2.05, 4.69) is 0 Å². The molecule has 0 rings (SSSR count). The zero-order chi connectivity index (χ0) is 7.65. The molecule has 0 aromatic carbocycles. The van der Waals surface area contributed by atoms with E-state index in [-0.39, 0.29) is 0 Å². The van der Waals surface area contributed by atoms with Gasteiger partial charge in [0.2, 0.25) is 5.85 Å². The molecule has 1 atom stereocenters. The average molecular weight is 158 g/mol. The highest BCUT2D eigenvalue weighted by Gasteiger charge is 2.31. The third-order valence-corrected chi connectivity index (χ3v) is 1.57. The number of hydrogen-bond acceptors (Lipinski definition) is 4. The van der Waals surface area contributed by atoms with Gasteiger partial charge in [0.05, 0.1) is 0 Å². The fraction of sp³-hybridized carbons (Fsp3) is 1.00. The minimum atomic E-state index is -4.76. The summed E-state index contributed by atoms with van der Waals surface area (Å²) >= 11 is 0. The molecule has 7 heteroatoms. The second kappa shape index (κ2) is 2.74. The van der Waals surface area contributed by atoms with E-state index in [0.717, 1.165) is 0 Å². The van der Waals surface area contributed by atoms with Gasteiger partial charge in [-0.25, -0.2) is 0 Å². The first-order valence-electron chi connectivity index (χ1n) is 1.95. The molecular formula is C2H7O6P. The lowest BCUT2D eigenvalue weighted by molar-refractivity contribution is -0.0979. The molecule has 0 aliphatic rings. The van der Waals surface area contributed by atoms with Gasteiger partial charge in [-0.15, -0.1) is 0 Å². The molecule has 0 fully saturated rings. The molecule has 0 spiro atoms. The van der Waals surface area contributed by atoms with E-state index in [9.17, 15) is 4.57 Å². The Hall–Kier alpha value is 0.0300. The van der Waals surface area contributed by atoms with Crippen LogP contribution < -0.4 is 0 Å². The number of aliphatic hydroxyl groups excluding tert-OH is 2. The molecule has 0 radical (unpaired) electrons. The molecule has 0 aliphatic carbocycles. The predicted molar refractivity (Wildman–Crippen MR) is 26.3 cm³/mol. The molecule has 0 saturated heterocycles. The highest BCUT2D eigenvalue weighted by molar-refractivity contribution is 7.52. The summed E-state index contributed by atoms with van der Waals surface area (Å²) in [4.78, 5) is 16.0. The highest BCUT2D eigenvalue weighted by atomic mass is 31.2. The molecule has 9 heavy (non-hydrogen) atoms. The Morgan fingerprint density at radius 2 is 1.44 bits per heavy atom. The van der Waals surface area contributed by atoms with Crippen LogP contribution in [0.4, 0.5) is 0 Å². The van der Waals surface area contributed by atoms with E-state index >= 15 is 0 Å². The normalized spacial score (nSPS) is 16.2. The van der Waals surface area contributed by atoms with Crippen LogP contribution in [0.25, 0.3) is 0 Å². The Labute approximate surface area is 50.5 Å². The largest absolute Gasteiger partial charge is 0.376 e. The zero-order valence-corrected chi connectivity index (χ0v) is 5.14. The average Bonchev–Trinajstić information content (AvgIpc) is 1.62. The van der Waals surface area contributed by atoms with Crippen LogP contribution in [0.3, 0.4) is 0 Å². The Balaban J connectivity index is 4.05. The van der Waals surface area contributed by atoms with E-state index in [1.54, 1.807) is 0 Å². The van der Waals surface area contributed by atoms with Crippen LogP contribution in [-0.4, -0.2) is 37.2 Å². The number of hydrogen-bond donors (Lipinski definition) is 5. The molecule has 0 aromatic heterocycles. The van der Waals surface area contributed by atoms with E-state index in [1.165, 1.54) is 0 Å². The van der Waals surface area contributed by atoms with Gasteiger partial charge in [-0.05, 0) is 0 Å². The standard InChI is InChI=1S/C2H7O6P/c3-1(4)2(5)9(6,7)8/h1-5H,(H2,6,7,8). The Morgan fingerprint density at radius 1 is 1.11 bits per heavy atom. The Morgan fingerprint density at radius 3 is 1.44 bits per heavy atom. The topological polar surface area (TPSA) is 118 Å². The van der Waals surface area contributed by atoms with Gasteiger partial charge < -0.3 is 25.1 Å². The zero-order valence-electron chi connectivity index (χ0n) is 4.25. The quantitative estimate of drug-likeness (QED) is 0.230. The monoisotopic (exact) mass is 158 g/mol. The first-order valence-corrected chi connectivity index (χ1v) is 3.63. The Kier molecular flexibility index (Phi) is 2.75.